The molecule has 3 heterocycles. The normalized spacial score (nSPS) is 32.1. The maximum Gasteiger partial charge on any atom is 0.311 e. The van der Waals surface area contributed by atoms with Crippen molar-refractivity contribution >= 4 is 23.3 Å². The molecule has 6 nitrogen and oxygen atoms in total. The first kappa shape index (κ1) is 18.5. The van der Waals surface area contributed by atoms with Gasteiger partial charge in [-0.15, -0.1) is 0 Å². The van der Waals surface area contributed by atoms with E-state index < -0.39 is 12.2 Å². The van der Waals surface area contributed by atoms with Gasteiger partial charge in [-0.1, -0.05) is 26.0 Å². The zero-order valence-electron chi connectivity index (χ0n) is 15.9. The van der Waals surface area contributed by atoms with Gasteiger partial charge in [0.15, 0.2) is 5.11 Å². The topological polar surface area (TPSA) is 62.2 Å². The monoisotopic (exact) mass is 390 g/mol. The zero-order chi connectivity index (χ0) is 19.3. The SMILES string of the molecule is COc1ccc(CN2C(=S)N(CC(C)C)[C@H]3[C@@H]2[C@H]2OC(=O)[C@H]3C[C@H]2O)cc1. The fraction of sp³-hybridized carbons (Fsp3) is 0.600. The Labute approximate surface area is 165 Å². The minimum absolute atomic E-state index is 0.0206. The lowest BCUT2D eigenvalue weighted by atomic mass is 9.74. The van der Waals surface area contributed by atoms with Crippen LogP contribution in [-0.2, 0) is 16.1 Å². The molecule has 4 fully saturated rings. The van der Waals surface area contributed by atoms with Gasteiger partial charge >= 0.3 is 5.97 Å². The lowest BCUT2D eigenvalue weighted by molar-refractivity contribution is -0.199. The number of hydrogen-bond donors (Lipinski definition) is 1. The molecular formula is C20H26N2O4S. The first-order valence-electron chi connectivity index (χ1n) is 9.49. The predicted molar refractivity (Wildman–Crippen MR) is 104 cm³/mol. The van der Waals surface area contributed by atoms with Crippen molar-refractivity contribution in [1.29, 1.82) is 0 Å². The van der Waals surface area contributed by atoms with Crippen molar-refractivity contribution in [2.75, 3.05) is 13.7 Å². The summed E-state index contributed by atoms with van der Waals surface area (Å²) in [6.07, 6.45) is -0.701. The molecule has 0 spiro atoms. The van der Waals surface area contributed by atoms with Crippen LogP contribution in [0.25, 0.3) is 0 Å². The van der Waals surface area contributed by atoms with Gasteiger partial charge in [0.05, 0.1) is 31.2 Å². The minimum atomic E-state index is -0.630. The van der Waals surface area contributed by atoms with Crippen molar-refractivity contribution in [3.8, 4) is 5.75 Å². The Bertz CT molecular complexity index is 738. The van der Waals surface area contributed by atoms with Crippen LogP contribution in [0, 0.1) is 11.8 Å². The van der Waals surface area contributed by atoms with Crippen molar-refractivity contribution in [2.45, 2.75) is 51.1 Å². The van der Waals surface area contributed by atoms with Gasteiger partial charge in [-0.25, -0.2) is 0 Å². The zero-order valence-corrected chi connectivity index (χ0v) is 16.7. The van der Waals surface area contributed by atoms with E-state index in [0.717, 1.165) is 23.0 Å². The fourth-order valence-electron chi connectivity index (χ4n) is 4.68. The van der Waals surface area contributed by atoms with Crippen molar-refractivity contribution in [3.63, 3.8) is 0 Å². The number of ether oxygens (including phenoxy) is 2. The molecule has 0 aromatic heterocycles. The first-order chi connectivity index (χ1) is 12.9. The van der Waals surface area contributed by atoms with E-state index in [1.165, 1.54) is 0 Å². The van der Waals surface area contributed by atoms with Crippen LogP contribution < -0.4 is 4.74 Å². The highest BCUT2D eigenvalue weighted by molar-refractivity contribution is 7.80. The van der Waals surface area contributed by atoms with Crippen molar-refractivity contribution in [3.05, 3.63) is 29.8 Å². The molecule has 5 atom stereocenters. The third-order valence-corrected chi connectivity index (χ3v) is 6.28. The molecule has 5 rings (SSSR count). The number of carbonyl (C=O) groups excluding carboxylic acids is 1. The van der Waals surface area contributed by atoms with Gasteiger partial charge in [0.25, 0.3) is 0 Å². The average molecular weight is 391 g/mol. The summed E-state index contributed by atoms with van der Waals surface area (Å²) in [5.74, 6) is 0.705. The van der Waals surface area contributed by atoms with E-state index in [2.05, 4.69) is 23.6 Å². The second-order valence-corrected chi connectivity index (χ2v) is 8.46. The summed E-state index contributed by atoms with van der Waals surface area (Å²) < 4.78 is 10.8. The summed E-state index contributed by atoms with van der Waals surface area (Å²) in [4.78, 5) is 16.7. The number of nitrogens with zero attached hydrogens (tertiary/aromatic N) is 2. The summed E-state index contributed by atoms with van der Waals surface area (Å²) in [7, 11) is 1.65. The summed E-state index contributed by atoms with van der Waals surface area (Å²) in [5.41, 5.74) is 1.10. The molecule has 1 aromatic carbocycles. The molecule has 1 aliphatic carbocycles. The Hall–Kier alpha value is -1.86. The summed E-state index contributed by atoms with van der Waals surface area (Å²) >= 11 is 5.83. The lowest BCUT2D eigenvalue weighted by Crippen LogP contribution is -2.66. The van der Waals surface area contributed by atoms with Crippen LogP contribution in [0.1, 0.15) is 25.8 Å². The Morgan fingerprint density at radius 1 is 1.26 bits per heavy atom. The van der Waals surface area contributed by atoms with E-state index in [9.17, 15) is 9.90 Å². The van der Waals surface area contributed by atoms with Crippen LogP contribution >= 0.6 is 12.2 Å². The molecule has 1 N–H and O–H groups in total. The lowest BCUT2D eigenvalue weighted by Gasteiger charge is -2.49. The summed E-state index contributed by atoms with van der Waals surface area (Å²) in [6.45, 7) is 5.72. The van der Waals surface area contributed by atoms with E-state index in [0.29, 0.717) is 18.9 Å². The van der Waals surface area contributed by atoms with Crippen molar-refractivity contribution in [1.82, 2.24) is 9.80 Å². The highest BCUT2D eigenvalue weighted by Gasteiger charge is 2.62. The van der Waals surface area contributed by atoms with Gasteiger partial charge in [-0.3, -0.25) is 4.79 Å². The van der Waals surface area contributed by atoms with E-state index >= 15 is 0 Å². The molecule has 0 radical (unpaired) electrons. The second kappa shape index (κ2) is 6.95. The third-order valence-electron chi connectivity index (χ3n) is 5.81. The van der Waals surface area contributed by atoms with Crippen LogP contribution in [-0.4, -0.2) is 63.9 Å². The van der Waals surface area contributed by atoms with Crippen molar-refractivity contribution < 1.29 is 19.4 Å². The number of thiocarbonyl (C=S) groups is 1. The number of aliphatic hydroxyl groups is 1. The van der Waals surface area contributed by atoms with E-state index in [4.69, 9.17) is 21.7 Å². The molecule has 1 aromatic rings. The standard InChI is InChI=1S/C20H26N2O4S/c1-11(2)9-21-16-14-8-15(23)18(26-19(14)24)17(16)22(20(21)27)10-12-4-6-13(25-3)7-5-12/h4-7,11,14-18,23H,8-10H2,1-3H3/t14-,15+,16+,17+,18-/m0/s1. The number of esters is 1. The summed E-state index contributed by atoms with van der Waals surface area (Å²) in [6, 6.07) is 7.77. The van der Waals surface area contributed by atoms with E-state index in [-0.39, 0.29) is 24.0 Å². The molecule has 27 heavy (non-hydrogen) atoms. The van der Waals surface area contributed by atoms with Gasteiger partial charge in [-0.05, 0) is 42.3 Å². The molecule has 146 valence electrons. The predicted octanol–water partition coefficient (Wildman–Crippen LogP) is 1.80. The molecular weight excluding hydrogens is 364 g/mol. The molecule has 2 bridgehead atoms. The molecule has 1 saturated carbocycles. The van der Waals surface area contributed by atoms with Crippen LogP contribution in [0.3, 0.4) is 0 Å². The van der Waals surface area contributed by atoms with Crippen LogP contribution in [0.2, 0.25) is 0 Å². The Morgan fingerprint density at radius 3 is 2.59 bits per heavy atom. The van der Waals surface area contributed by atoms with Gasteiger partial charge in [-0.2, -0.15) is 0 Å². The molecule has 3 aliphatic heterocycles. The third kappa shape index (κ3) is 3.06. The number of hydrogen-bond acceptors (Lipinski definition) is 5. The Balaban J connectivity index is 1.66. The van der Waals surface area contributed by atoms with Gasteiger partial charge < -0.3 is 24.4 Å². The number of benzene rings is 1. The number of carbonyl (C=O) groups is 1. The van der Waals surface area contributed by atoms with Gasteiger partial charge in [0.1, 0.15) is 11.9 Å². The van der Waals surface area contributed by atoms with E-state index in [1.807, 2.05) is 24.3 Å². The average Bonchev–Trinajstić information content (AvgIpc) is 2.90. The van der Waals surface area contributed by atoms with Crippen LogP contribution in [0.4, 0.5) is 0 Å². The number of methoxy groups -OCH3 is 1. The van der Waals surface area contributed by atoms with Crippen LogP contribution in [0.5, 0.6) is 5.75 Å². The van der Waals surface area contributed by atoms with Gasteiger partial charge in [0.2, 0.25) is 0 Å². The molecule has 7 heteroatoms. The fourth-order valence-corrected chi connectivity index (χ4v) is 5.06. The Morgan fingerprint density at radius 2 is 1.96 bits per heavy atom. The Kier molecular flexibility index (Phi) is 4.76. The van der Waals surface area contributed by atoms with E-state index in [1.54, 1.807) is 7.11 Å². The smallest absolute Gasteiger partial charge is 0.311 e. The maximum atomic E-state index is 12.4. The molecule has 3 saturated heterocycles. The molecule has 0 unspecified atom stereocenters. The van der Waals surface area contributed by atoms with Gasteiger partial charge in [0, 0.05) is 13.1 Å². The van der Waals surface area contributed by atoms with Crippen molar-refractivity contribution in [2.24, 2.45) is 11.8 Å². The number of aliphatic hydroxyl groups excluding tert-OH is 1. The summed E-state index contributed by atoms with van der Waals surface area (Å²) in [5, 5.41) is 11.2. The molecule has 0 amide bonds. The highest BCUT2D eigenvalue weighted by atomic mass is 32.1. The second-order valence-electron chi connectivity index (χ2n) is 8.10. The van der Waals surface area contributed by atoms with Crippen LogP contribution in [0.15, 0.2) is 24.3 Å². The minimum Gasteiger partial charge on any atom is -0.497 e. The molecule has 4 aliphatic rings. The number of rotatable bonds is 5. The number of fused-ring (bicyclic) bond motifs is 2. The highest BCUT2D eigenvalue weighted by Crippen LogP contribution is 2.44. The first-order valence-corrected chi connectivity index (χ1v) is 9.90. The maximum absolute atomic E-state index is 12.4. The largest absolute Gasteiger partial charge is 0.497 e. The quantitative estimate of drug-likeness (QED) is 0.608.